The SMILES string of the molecule is Nc1cccc(Cl)c1C(=O)Nc1cnc(Br)cn1. The fourth-order valence-electron chi connectivity index (χ4n) is 1.34. The second-order valence-electron chi connectivity index (χ2n) is 3.38. The summed E-state index contributed by atoms with van der Waals surface area (Å²) in [5.74, 6) is -0.0998. The number of aromatic nitrogens is 2. The molecule has 18 heavy (non-hydrogen) atoms. The number of carbonyl (C=O) groups is 1. The van der Waals surface area contributed by atoms with E-state index in [0.29, 0.717) is 16.1 Å². The monoisotopic (exact) mass is 326 g/mol. The molecule has 0 aliphatic heterocycles. The minimum absolute atomic E-state index is 0.226. The van der Waals surface area contributed by atoms with Crippen molar-refractivity contribution in [3.63, 3.8) is 0 Å². The Morgan fingerprint density at radius 2 is 2.11 bits per heavy atom. The van der Waals surface area contributed by atoms with Crippen LogP contribution in [0.2, 0.25) is 5.02 Å². The number of hydrogen-bond donors (Lipinski definition) is 2. The van der Waals surface area contributed by atoms with Crippen LogP contribution in [0.4, 0.5) is 11.5 Å². The smallest absolute Gasteiger partial charge is 0.260 e. The molecule has 5 nitrogen and oxygen atoms in total. The summed E-state index contributed by atoms with van der Waals surface area (Å²) in [6.07, 6.45) is 2.90. The van der Waals surface area contributed by atoms with E-state index < -0.39 is 5.91 Å². The molecule has 1 aromatic carbocycles. The highest BCUT2D eigenvalue weighted by Crippen LogP contribution is 2.22. The largest absolute Gasteiger partial charge is 0.398 e. The average Bonchev–Trinajstić information content (AvgIpc) is 2.32. The molecule has 0 radical (unpaired) electrons. The highest BCUT2D eigenvalue weighted by Gasteiger charge is 2.14. The van der Waals surface area contributed by atoms with Crippen LogP contribution in [0.25, 0.3) is 0 Å². The number of carbonyl (C=O) groups excluding carboxylic acids is 1. The van der Waals surface area contributed by atoms with Crippen molar-refractivity contribution < 1.29 is 4.79 Å². The summed E-state index contributed by atoms with van der Waals surface area (Å²) in [4.78, 5) is 19.9. The summed E-state index contributed by atoms with van der Waals surface area (Å²) in [6, 6.07) is 4.88. The van der Waals surface area contributed by atoms with Crippen LogP contribution < -0.4 is 11.1 Å². The molecule has 7 heteroatoms. The van der Waals surface area contributed by atoms with Crippen molar-refractivity contribution in [1.29, 1.82) is 0 Å². The van der Waals surface area contributed by atoms with Crippen molar-refractivity contribution >= 4 is 44.9 Å². The number of nitrogen functional groups attached to an aromatic ring is 1. The van der Waals surface area contributed by atoms with E-state index in [0.717, 1.165) is 0 Å². The van der Waals surface area contributed by atoms with Gasteiger partial charge in [0.15, 0.2) is 5.82 Å². The van der Waals surface area contributed by atoms with Gasteiger partial charge in [-0.05, 0) is 28.1 Å². The summed E-state index contributed by atoms with van der Waals surface area (Å²) in [5, 5.41) is 2.86. The average molecular weight is 328 g/mol. The van der Waals surface area contributed by atoms with Crippen LogP contribution in [0.1, 0.15) is 10.4 Å². The molecule has 3 N–H and O–H groups in total. The van der Waals surface area contributed by atoms with Crippen LogP contribution in [0.3, 0.4) is 0 Å². The molecule has 0 saturated heterocycles. The molecule has 0 atom stereocenters. The summed E-state index contributed by atoms with van der Waals surface area (Å²) >= 11 is 9.08. The highest BCUT2D eigenvalue weighted by atomic mass is 79.9. The Labute approximate surface area is 117 Å². The van der Waals surface area contributed by atoms with E-state index in [-0.39, 0.29) is 10.6 Å². The molecule has 1 amide bonds. The molecular formula is C11H8BrClN4O. The maximum Gasteiger partial charge on any atom is 0.260 e. The lowest BCUT2D eigenvalue weighted by molar-refractivity contribution is 0.102. The van der Waals surface area contributed by atoms with Gasteiger partial charge in [0.2, 0.25) is 0 Å². The van der Waals surface area contributed by atoms with Crippen molar-refractivity contribution in [2.24, 2.45) is 0 Å². The van der Waals surface area contributed by atoms with Gasteiger partial charge in [-0.3, -0.25) is 4.79 Å². The van der Waals surface area contributed by atoms with Gasteiger partial charge in [-0.15, -0.1) is 0 Å². The third-order valence-corrected chi connectivity index (χ3v) is 2.86. The molecular weight excluding hydrogens is 320 g/mol. The molecule has 2 rings (SSSR count). The van der Waals surface area contributed by atoms with Gasteiger partial charge in [0.25, 0.3) is 5.91 Å². The van der Waals surface area contributed by atoms with E-state index in [1.807, 2.05) is 0 Å². The summed E-state index contributed by atoms with van der Waals surface area (Å²) in [5.41, 5.74) is 6.25. The van der Waals surface area contributed by atoms with Gasteiger partial charge < -0.3 is 11.1 Å². The van der Waals surface area contributed by atoms with E-state index in [2.05, 4.69) is 31.2 Å². The first kappa shape index (κ1) is 12.8. The maximum atomic E-state index is 12.0. The summed E-state index contributed by atoms with van der Waals surface area (Å²) in [7, 11) is 0. The van der Waals surface area contributed by atoms with E-state index in [4.69, 9.17) is 17.3 Å². The number of rotatable bonds is 2. The maximum absolute atomic E-state index is 12.0. The van der Waals surface area contributed by atoms with Gasteiger partial charge in [-0.25, -0.2) is 9.97 Å². The Hall–Kier alpha value is -1.66. The third kappa shape index (κ3) is 2.77. The number of halogens is 2. The zero-order valence-corrected chi connectivity index (χ0v) is 11.4. The van der Waals surface area contributed by atoms with Crippen molar-refractivity contribution in [3.05, 3.63) is 45.8 Å². The zero-order chi connectivity index (χ0) is 13.1. The standard InChI is InChI=1S/C11H8BrClN4O/c12-8-4-16-9(5-15-8)17-11(18)10-6(13)2-1-3-7(10)14/h1-5H,14H2,(H,16,17,18). The van der Waals surface area contributed by atoms with E-state index in [1.54, 1.807) is 18.2 Å². The van der Waals surface area contributed by atoms with Gasteiger partial charge in [-0.1, -0.05) is 17.7 Å². The fraction of sp³-hybridized carbons (Fsp3) is 0. The normalized spacial score (nSPS) is 10.1. The Bertz CT molecular complexity index is 568. The fourth-order valence-corrected chi connectivity index (χ4v) is 1.81. The number of nitrogens with one attached hydrogen (secondary N) is 1. The Balaban J connectivity index is 2.25. The van der Waals surface area contributed by atoms with Gasteiger partial charge in [0.1, 0.15) is 4.60 Å². The van der Waals surface area contributed by atoms with Crippen LogP contribution in [0, 0.1) is 0 Å². The molecule has 1 heterocycles. The predicted octanol–water partition coefficient (Wildman–Crippen LogP) is 2.73. The Kier molecular flexibility index (Phi) is 3.78. The molecule has 0 unspecified atom stereocenters. The number of amides is 1. The van der Waals surface area contributed by atoms with E-state index >= 15 is 0 Å². The second kappa shape index (κ2) is 5.32. The third-order valence-electron chi connectivity index (χ3n) is 2.13. The Morgan fingerprint density at radius 1 is 1.33 bits per heavy atom. The topological polar surface area (TPSA) is 80.9 Å². The molecule has 1 aromatic heterocycles. The number of nitrogens with two attached hydrogens (primary N) is 1. The van der Waals surface area contributed by atoms with Crippen molar-refractivity contribution in [1.82, 2.24) is 9.97 Å². The molecule has 2 aromatic rings. The first-order chi connectivity index (χ1) is 8.58. The quantitative estimate of drug-likeness (QED) is 0.831. The summed E-state index contributed by atoms with van der Waals surface area (Å²) in [6.45, 7) is 0. The molecule has 0 fully saturated rings. The highest BCUT2D eigenvalue weighted by molar-refractivity contribution is 9.10. The molecule has 0 aliphatic rings. The van der Waals surface area contributed by atoms with Gasteiger partial charge >= 0.3 is 0 Å². The van der Waals surface area contributed by atoms with E-state index in [9.17, 15) is 4.79 Å². The molecule has 92 valence electrons. The van der Waals surface area contributed by atoms with Crippen LogP contribution in [-0.4, -0.2) is 15.9 Å². The lowest BCUT2D eigenvalue weighted by Crippen LogP contribution is -2.15. The summed E-state index contributed by atoms with van der Waals surface area (Å²) < 4.78 is 0.581. The molecule has 0 saturated carbocycles. The predicted molar refractivity (Wildman–Crippen MR) is 73.5 cm³/mol. The minimum atomic E-state index is -0.422. The van der Waals surface area contributed by atoms with Crippen LogP contribution in [0.5, 0.6) is 0 Å². The second-order valence-corrected chi connectivity index (χ2v) is 4.60. The number of hydrogen-bond acceptors (Lipinski definition) is 4. The first-order valence-electron chi connectivity index (χ1n) is 4.91. The zero-order valence-electron chi connectivity index (χ0n) is 9.02. The van der Waals surface area contributed by atoms with Gasteiger partial charge in [0, 0.05) is 5.69 Å². The number of benzene rings is 1. The van der Waals surface area contributed by atoms with Gasteiger partial charge in [-0.2, -0.15) is 0 Å². The molecule has 0 aliphatic carbocycles. The number of anilines is 2. The van der Waals surface area contributed by atoms with Crippen molar-refractivity contribution in [2.75, 3.05) is 11.1 Å². The molecule has 0 spiro atoms. The van der Waals surface area contributed by atoms with Crippen LogP contribution in [-0.2, 0) is 0 Å². The van der Waals surface area contributed by atoms with E-state index in [1.165, 1.54) is 12.4 Å². The number of nitrogens with zero attached hydrogens (tertiary/aromatic N) is 2. The van der Waals surface area contributed by atoms with Crippen molar-refractivity contribution in [2.45, 2.75) is 0 Å². The molecule has 0 bridgehead atoms. The first-order valence-corrected chi connectivity index (χ1v) is 6.08. The minimum Gasteiger partial charge on any atom is -0.398 e. The Morgan fingerprint density at radius 3 is 2.72 bits per heavy atom. The van der Waals surface area contributed by atoms with Crippen molar-refractivity contribution in [3.8, 4) is 0 Å². The van der Waals surface area contributed by atoms with Crippen LogP contribution in [0.15, 0.2) is 35.2 Å². The lowest BCUT2D eigenvalue weighted by Gasteiger charge is -2.08. The van der Waals surface area contributed by atoms with Gasteiger partial charge in [0.05, 0.1) is 23.0 Å². The lowest BCUT2D eigenvalue weighted by atomic mass is 10.1. The van der Waals surface area contributed by atoms with Crippen LogP contribution >= 0.6 is 27.5 Å².